The van der Waals surface area contributed by atoms with Crippen molar-refractivity contribution in [3.05, 3.63) is 24.2 Å². The van der Waals surface area contributed by atoms with E-state index in [0.717, 1.165) is 0 Å². The highest BCUT2D eigenvalue weighted by Crippen LogP contribution is 2.13. The van der Waals surface area contributed by atoms with E-state index in [1.165, 1.54) is 6.20 Å². The second-order valence-corrected chi connectivity index (χ2v) is 2.29. The average Bonchev–Trinajstić information content (AvgIpc) is 2.75. The van der Waals surface area contributed by atoms with E-state index >= 15 is 0 Å². The predicted molar refractivity (Wildman–Crippen MR) is 40.0 cm³/mol. The van der Waals surface area contributed by atoms with Crippen LogP contribution in [-0.4, -0.2) is 20.2 Å². The summed E-state index contributed by atoms with van der Waals surface area (Å²) in [6.45, 7) is -0.0544. The maximum absolute atomic E-state index is 8.73. The molecular formula is C7H7N3O2. The van der Waals surface area contributed by atoms with Gasteiger partial charge in [0.1, 0.15) is 0 Å². The summed E-state index contributed by atoms with van der Waals surface area (Å²) in [7, 11) is 0. The van der Waals surface area contributed by atoms with Gasteiger partial charge in [0.25, 0.3) is 0 Å². The minimum atomic E-state index is -0.0544. The van der Waals surface area contributed by atoms with Gasteiger partial charge < -0.3 is 14.6 Å². The van der Waals surface area contributed by atoms with E-state index in [9.17, 15) is 0 Å². The summed E-state index contributed by atoms with van der Waals surface area (Å²) >= 11 is 0. The number of hydrogen-bond donors (Lipinski definition) is 2. The van der Waals surface area contributed by atoms with E-state index in [1.54, 1.807) is 12.3 Å². The van der Waals surface area contributed by atoms with Gasteiger partial charge in [-0.25, -0.2) is 4.98 Å². The molecule has 2 N–H and O–H groups in total. The largest absolute Gasteiger partial charge is 0.390 e. The van der Waals surface area contributed by atoms with E-state index in [0.29, 0.717) is 17.3 Å². The van der Waals surface area contributed by atoms with Crippen molar-refractivity contribution >= 4 is 0 Å². The second-order valence-electron chi connectivity index (χ2n) is 2.29. The fraction of sp³-hybridized carbons (Fsp3) is 0.143. The summed E-state index contributed by atoms with van der Waals surface area (Å²) in [5.74, 6) is 1.14. The van der Waals surface area contributed by atoms with Crippen LogP contribution in [0.4, 0.5) is 0 Å². The van der Waals surface area contributed by atoms with Gasteiger partial charge in [-0.2, -0.15) is 0 Å². The van der Waals surface area contributed by atoms with Gasteiger partial charge in [-0.05, 0) is 0 Å². The van der Waals surface area contributed by atoms with Crippen LogP contribution in [0.1, 0.15) is 5.69 Å². The molecule has 0 saturated carbocycles. The van der Waals surface area contributed by atoms with E-state index in [2.05, 4.69) is 15.1 Å². The number of rotatable bonds is 2. The number of imidazole rings is 1. The van der Waals surface area contributed by atoms with Crippen LogP contribution in [0.2, 0.25) is 0 Å². The van der Waals surface area contributed by atoms with Crippen molar-refractivity contribution in [3.8, 4) is 11.6 Å². The van der Waals surface area contributed by atoms with Crippen molar-refractivity contribution in [2.45, 2.75) is 6.61 Å². The Hall–Kier alpha value is -1.62. The number of aromatic amines is 1. The molecule has 0 saturated heterocycles. The van der Waals surface area contributed by atoms with Crippen LogP contribution in [0.3, 0.4) is 0 Å². The molecule has 5 heteroatoms. The molecule has 5 nitrogen and oxygen atoms in total. The van der Waals surface area contributed by atoms with Crippen LogP contribution in [0.25, 0.3) is 11.6 Å². The molecule has 0 radical (unpaired) electrons. The maximum Gasteiger partial charge on any atom is 0.202 e. The Morgan fingerprint density at radius 1 is 1.58 bits per heavy atom. The Labute approximate surface area is 68.0 Å². The minimum Gasteiger partial charge on any atom is -0.390 e. The molecule has 0 aliphatic rings. The Bertz CT molecular complexity index is 352. The normalized spacial score (nSPS) is 10.4. The minimum absolute atomic E-state index is 0.0544. The maximum atomic E-state index is 8.73. The highest BCUT2D eigenvalue weighted by Gasteiger charge is 2.05. The number of aliphatic hydroxyl groups excluding tert-OH is 1. The zero-order chi connectivity index (χ0) is 8.39. The lowest BCUT2D eigenvalue weighted by Gasteiger charge is -1.86. The molecule has 0 aromatic carbocycles. The first-order valence-electron chi connectivity index (χ1n) is 3.46. The van der Waals surface area contributed by atoms with Crippen molar-refractivity contribution < 1.29 is 9.63 Å². The summed E-state index contributed by atoms with van der Waals surface area (Å²) < 4.78 is 4.85. The Morgan fingerprint density at radius 2 is 2.50 bits per heavy atom. The van der Waals surface area contributed by atoms with Gasteiger partial charge in [-0.1, -0.05) is 5.16 Å². The zero-order valence-electron chi connectivity index (χ0n) is 6.19. The van der Waals surface area contributed by atoms with Gasteiger partial charge in [-0.15, -0.1) is 0 Å². The zero-order valence-corrected chi connectivity index (χ0v) is 6.19. The number of nitrogens with zero attached hydrogens (tertiary/aromatic N) is 2. The fourth-order valence-corrected chi connectivity index (χ4v) is 0.903. The van der Waals surface area contributed by atoms with Gasteiger partial charge in [-0.3, -0.25) is 0 Å². The lowest BCUT2D eigenvalue weighted by atomic mass is 10.4. The summed E-state index contributed by atoms with van der Waals surface area (Å²) in [4.78, 5) is 6.85. The molecule has 0 aliphatic heterocycles. The molecule has 2 aromatic heterocycles. The molecule has 2 heterocycles. The Kier molecular flexibility index (Phi) is 1.64. The molecule has 0 aliphatic carbocycles. The molecular weight excluding hydrogens is 158 g/mol. The van der Waals surface area contributed by atoms with Crippen molar-refractivity contribution in [1.82, 2.24) is 15.1 Å². The number of aromatic nitrogens is 3. The van der Waals surface area contributed by atoms with Crippen LogP contribution in [0, 0.1) is 0 Å². The SMILES string of the molecule is OCc1cnc(-c2ccno2)[nH]1. The molecule has 62 valence electrons. The first-order valence-corrected chi connectivity index (χ1v) is 3.46. The van der Waals surface area contributed by atoms with Crippen molar-refractivity contribution in [2.24, 2.45) is 0 Å². The van der Waals surface area contributed by atoms with Gasteiger partial charge >= 0.3 is 0 Å². The van der Waals surface area contributed by atoms with E-state index in [-0.39, 0.29) is 6.61 Å². The molecule has 12 heavy (non-hydrogen) atoms. The monoisotopic (exact) mass is 165 g/mol. The van der Waals surface area contributed by atoms with Gasteiger partial charge in [0.15, 0.2) is 5.82 Å². The number of H-pyrrole nitrogens is 1. The van der Waals surface area contributed by atoms with E-state index in [4.69, 9.17) is 9.63 Å². The predicted octanol–water partition coefficient (Wildman–Crippen LogP) is 0.557. The van der Waals surface area contributed by atoms with E-state index in [1.807, 2.05) is 0 Å². The average molecular weight is 165 g/mol. The van der Waals surface area contributed by atoms with Gasteiger partial charge in [0.2, 0.25) is 5.76 Å². The van der Waals surface area contributed by atoms with Crippen LogP contribution >= 0.6 is 0 Å². The fourth-order valence-electron chi connectivity index (χ4n) is 0.903. The Morgan fingerprint density at radius 3 is 3.08 bits per heavy atom. The van der Waals surface area contributed by atoms with Crippen LogP contribution in [-0.2, 0) is 6.61 Å². The summed E-state index contributed by atoms with van der Waals surface area (Å²) in [6.07, 6.45) is 3.09. The van der Waals surface area contributed by atoms with Gasteiger partial charge in [0, 0.05) is 6.07 Å². The van der Waals surface area contributed by atoms with Crippen LogP contribution in [0.15, 0.2) is 23.0 Å². The third kappa shape index (κ3) is 1.10. The Balaban J connectivity index is 2.35. The first-order chi connectivity index (χ1) is 5.90. The lowest BCUT2D eigenvalue weighted by molar-refractivity contribution is 0.277. The summed E-state index contributed by atoms with van der Waals surface area (Å²) in [6, 6.07) is 1.69. The topological polar surface area (TPSA) is 74.9 Å². The molecule has 0 bridgehead atoms. The molecule has 0 atom stereocenters. The second kappa shape index (κ2) is 2.78. The highest BCUT2D eigenvalue weighted by molar-refractivity contribution is 5.45. The van der Waals surface area contributed by atoms with Crippen LogP contribution < -0.4 is 0 Å². The third-order valence-corrected chi connectivity index (χ3v) is 1.47. The number of hydrogen-bond acceptors (Lipinski definition) is 4. The van der Waals surface area contributed by atoms with Gasteiger partial charge in [0.05, 0.1) is 24.7 Å². The van der Waals surface area contributed by atoms with Crippen molar-refractivity contribution in [3.63, 3.8) is 0 Å². The lowest BCUT2D eigenvalue weighted by Crippen LogP contribution is -1.81. The smallest absolute Gasteiger partial charge is 0.202 e. The summed E-state index contributed by atoms with van der Waals surface area (Å²) in [5.41, 5.74) is 0.654. The number of nitrogens with one attached hydrogen (secondary N) is 1. The quantitative estimate of drug-likeness (QED) is 0.681. The van der Waals surface area contributed by atoms with Crippen molar-refractivity contribution in [2.75, 3.05) is 0 Å². The van der Waals surface area contributed by atoms with E-state index < -0.39 is 0 Å². The molecule has 2 aromatic rings. The molecule has 0 fully saturated rings. The first kappa shape index (κ1) is 7.05. The molecule has 2 rings (SSSR count). The molecule has 0 unspecified atom stereocenters. The number of aliphatic hydroxyl groups is 1. The van der Waals surface area contributed by atoms with Crippen molar-refractivity contribution in [1.29, 1.82) is 0 Å². The summed E-state index contributed by atoms with van der Waals surface area (Å²) in [5, 5.41) is 12.3. The third-order valence-electron chi connectivity index (χ3n) is 1.47. The highest BCUT2D eigenvalue weighted by atomic mass is 16.5. The molecule has 0 amide bonds. The standard InChI is InChI=1S/C7H7N3O2/c11-4-5-3-8-7(10-5)6-1-2-9-12-6/h1-3,11H,4H2,(H,8,10). The molecule has 0 spiro atoms. The van der Waals surface area contributed by atoms with Crippen LogP contribution in [0.5, 0.6) is 0 Å².